The third-order valence-electron chi connectivity index (χ3n) is 4.03. The fourth-order valence-electron chi connectivity index (χ4n) is 3.07. The molecule has 5 N–H and O–H groups in total. The fraction of sp³-hybridized carbons (Fsp3) is 0.250. The summed E-state index contributed by atoms with van der Waals surface area (Å²) in [6.45, 7) is 0. The summed E-state index contributed by atoms with van der Waals surface area (Å²) < 4.78 is 0. The highest BCUT2D eigenvalue weighted by Gasteiger charge is 2.20. The maximum atomic E-state index is 11.5. The molecule has 1 aliphatic carbocycles. The van der Waals surface area contributed by atoms with Crippen molar-refractivity contribution in [2.45, 2.75) is 25.3 Å². The molecule has 1 aromatic heterocycles. The van der Waals surface area contributed by atoms with Crippen LogP contribution in [0.1, 0.15) is 35.2 Å². The van der Waals surface area contributed by atoms with E-state index in [-0.39, 0.29) is 6.04 Å². The molecule has 1 unspecified atom stereocenters. The van der Waals surface area contributed by atoms with Gasteiger partial charge >= 0.3 is 6.09 Å². The second-order valence-corrected chi connectivity index (χ2v) is 5.45. The zero-order chi connectivity index (χ0) is 15.7. The van der Waals surface area contributed by atoms with Crippen LogP contribution in [0.5, 0.6) is 0 Å². The standard InChI is InChI=1S/C16H17N3O3/c17-15(20)13-5-4-11(12-6-7-18-14(12)13)9-2-1-3-10(8-9)19-16(21)22/h2,4-7,10,18-19H,1,3,8H2,(H2,17,20)(H,21,22). The predicted octanol–water partition coefficient (Wildman–Crippen LogP) is 2.47. The number of aromatic nitrogens is 1. The van der Waals surface area contributed by atoms with Crippen molar-refractivity contribution in [1.82, 2.24) is 10.3 Å². The van der Waals surface area contributed by atoms with E-state index in [2.05, 4.69) is 16.4 Å². The molecule has 6 nitrogen and oxygen atoms in total. The summed E-state index contributed by atoms with van der Waals surface area (Å²) in [4.78, 5) is 25.4. The zero-order valence-electron chi connectivity index (χ0n) is 11.9. The van der Waals surface area contributed by atoms with Crippen molar-refractivity contribution < 1.29 is 14.7 Å². The van der Waals surface area contributed by atoms with E-state index in [4.69, 9.17) is 10.8 Å². The van der Waals surface area contributed by atoms with E-state index in [9.17, 15) is 9.59 Å². The number of amides is 2. The molecule has 2 amide bonds. The highest BCUT2D eigenvalue weighted by atomic mass is 16.4. The number of fused-ring (bicyclic) bond motifs is 1. The smallest absolute Gasteiger partial charge is 0.404 e. The summed E-state index contributed by atoms with van der Waals surface area (Å²) in [5.74, 6) is -0.470. The summed E-state index contributed by atoms with van der Waals surface area (Å²) in [6, 6.07) is 5.42. The second kappa shape index (κ2) is 5.55. The molecule has 2 aromatic rings. The van der Waals surface area contributed by atoms with Crippen LogP contribution in [0.15, 0.2) is 30.5 Å². The fourth-order valence-corrected chi connectivity index (χ4v) is 3.07. The quantitative estimate of drug-likeness (QED) is 0.699. The Bertz CT molecular complexity index is 776. The van der Waals surface area contributed by atoms with Crippen LogP contribution in [0, 0.1) is 0 Å². The first-order valence-electron chi connectivity index (χ1n) is 7.15. The largest absolute Gasteiger partial charge is 0.465 e. The molecule has 1 atom stereocenters. The highest BCUT2D eigenvalue weighted by molar-refractivity contribution is 6.07. The van der Waals surface area contributed by atoms with Gasteiger partial charge in [0.2, 0.25) is 0 Å². The molecule has 0 aliphatic heterocycles. The van der Waals surface area contributed by atoms with Gasteiger partial charge in [0.1, 0.15) is 0 Å². The minimum Gasteiger partial charge on any atom is -0.465 e. The van der Waals surface area contributed by atoms with Crippen molar-refractivity contribution in [1.29, 1.82) is 0 Å². The van der Waals surface area contributed by atoms with Crippen LogP contribution in [0.3, 0.4) is 0 Å². The van der Waals surface area contributed by atoms with Crippen LogP contribution >= 0.6 is 0 Å². The number of carboxylic acid groups (broad SMARTS) is 1. The molecule has 22 heavy (non-hydrogen) atoms. The van der Waals surface area contributed by atoms with Gasteiger partial charge < -0.3 is 21.1 Å². The number of hydrogen-bond donors (Lipinski definition) is 4. The van der Waals surface area contributed by atoms with Gasteiger partial charge in [-0.05, 0) is 42.5 Å². The molecule has 1 heterocycles. The number of hydrogen-bond acceptors (Lipinski definition) is 2. The van der Waals surface area contributed by atoms with Crippen LogP contribution < -0.4 is 11.1 Å². The first kappa shape index (κ1) is 14.2. The minimum atomic E-state index is -0.998. The maximum absolute atomic E-state index is 11.5. The number of benzene rings is 1. The normalized spacial score (nSPS) is 18.0. The molecule has 1 aliphatic rings. The number of H-pyrrole nitrogens is 1. The van der Waals surface area contributed by atoms with Gasteiger partial charge in [0.25, 0.3) is 5.91 Å². The first-order valence-corrected chi connectivity index (χ1v) is 7.15. The topological polar surface area (TPSA) is 108 Å². The van der Waals surface area contributed by atoms with Gasteiger partial charge in [0.05, 0.1) is 11.1 Å². The van der Waals surface area contributed by atoms with Crippen molar-refractivity contribution in [3.05, 3.63) is 41.6 Å². The van der Waals surface area contributed by atoms with Crippen molar-refractivity contribution in [3.8, 4) is 0 Å². The van der Waals surface area contributed by atoms with Gasteiger partial charge in [-0.2, -0.15) is 0 Å². The monoisotopic (exact) mass is 299 g/mol. The lowest BCUT2D eigenvalue weighted by atomic mass is 9.88. The lowest BCUT2D eigenvalue weighted by molar-refractivity contribution is 0.100. The Morgan fingerprint density at radius 1 is 1.32 bits per heavy atom. The number of carbonyl (C=O) groups excluding carboxylic acids is 1. The van der Waals surface area contributed by atoms with E-state index in [1.165, 1.54) is 0 Å². The lowest BCUT2D eigenvalue weighted by Gasteiger charge is -2.23. The van der Waals surface area contributed by atoms with E-state index in [0.29, 0.717) is 12.0 Å². The Morgan fingerprint density at radius 2 is 2.14 bits per heavy atom. The Kier molecular flexibility index (Phi) is 3.58. The Morgan fingerprint density at radius 3 is 2.86 bits per heavy atom. The molecular formula is C16H17N3O3. The van der Waals surface area contributed by atoms with E-state index >= 15 is 0 Å². The van der Waals surface area contributed by atoms with Gasteiger partial charge in [-0.3, -0.25) is 4.79 Å². The summed E-state index contributed by atoms with van der Waals surface area (Å²) in [6.07, 6.45) is 5.17. The van der Waals surface area contributed by atoms with Gasteiger partial charge in [-0.15, -0.1) is 0 Å². The minimum absolute atomic E-state index is 0.0812. The van der Waals surface area contributed by atoms with Gasteiger partial charge in [0.15, 0.2) is 0 Å². The first-order chi connectivity index (χ1) is 10.6. The molecule has 6 heteroatoms. The average molecular weight is 299 g/mol. The van der Waals surface area contributed by atoms with Gasteiger partial charge in [-0.25, -0.2) is 4.79 Å². The molecule has 0 fully saturated rings. The molecule has 1 aromatic carbocycles. The molecule has 0 saturated heterocycles. The van der Waals surface area contributed by atoms with Crippen LogP contribution in [-0.4, -0.2) is 28.1 Å². The molecule has 0 saturated carbocycles. The predicted molar refractivity (Wildman–Crippen MR) is 83.6 cm³/mol. The van der Waals surface area contributed by atoms with Crippen LogP contribution in [0.25, 0.3) is 16.5 Å². The second-order valence-electron chi connectivity index (χ2n) is 5.45. The van der Waals surface area contributed by atoms with Crippen molar-refractivity contribution in [2.24, 2.45) is 5.73 Å². The van der Waals surface area contributed by atoms with Crippen LogP contribution in [0.2, 0.25) is 0 Å². The van der Waals surface area contributed by atoms with Crippen LogP contribution in [-0.2, 0) is 0 Å². The maximum Gasteiger partial charge on any atom is 0.404 e. The highest BCUT2D eigenvalue weighted by Crippen LogP contribution is 2.33. The van der Waals surface area contributed by atoms with Gasteiger partial charge in [0, 0.05) is 17.6 Å². The summed E-state index contributed by atoms with van der Waals surface area (Å²) in [5.41, 5.74) is 8.68. The Balaban J connectivity index is 1.99. The molecular weight excluding hydrogens is 282 g/mol. The number of nitrogens with two attached hydrogens (primary N) is 1. The molecule has 0 spiro atoms. The molecule has 0 bridgehead atoms. The van der Waals surface area contributed by atoms with Gasteiger partial charge in [-0.1, -0.05) is 12.1 Å². The number of nitrogens with one attached hydrogen (secondary N) is 2. The number of rotatable bonds is 3. The van der Waals surface area contributed by atoms with E-state index in [1.807, 2.05) is 12.1 Å². The number of allylic oxidation sites excluding steroid dienone is 1. The molecule has 114 valence electrons. The number of carbonyl (C=O) groups is 2. The summed E-state index contributed by atoms with van der Waals surface area (Å²) >= 11 is 0. The third kappa shape index (κ3) is 2.55. The SMILES string of the molecule is NC(=O)c1ccc(C2=CCCC(NC(=O)O)C2)c2cc[nH]c12. The third-order valence-corrected chi connectivity index (χ3v) is 4.03. The van der Waals surface area contributed by atoms with Crippen LogP contribution in [0.4, 0.5) is 4.79 Å². The number of aromatic amines is 1. The Labute approximate surface area is 127 Å². The Hall–Kier alpha value is -2.76. The summed E-state index contributed by atoms with van der Waals surface area (Å²) in [7, 11) is 0. The van der Waals surface area contributed by atoms with Crippen molar-refractivity contribution >= 4 is 28.5 Å². The lowest BCUT2D eigenvalue weighted by Crippen LogP contribution is -2.34. The average Bonchev–Trinajstić information content (AvgIpc) is 2.94. The zero-order valence-corrected chi connectivity index (χ0v) is 11.9. The van der Waals surface area contributed by atoms with Crippen molar-refractivity contribution in [2.75, 3.05) is 0 Å². The molecule has 0 radical (unpaired) electrons. The van der Waals surface area contributed by atoms with Crippen molar-refractivity contribution in [3.63, 3.8) is 0 Å². The molecule has 3 rings (SSSR count). The van der Waals surface area contributed by atoms with E-state index < -0.39 is 12.0 Å². The van der Waals surface area contributed by atoms with E-state index in [0.717, 1.165) is 34.9 Å². The summed E-state index contributed by atoms with van der Waals surface area (Å²) in [5, 5.41) is 12.3. The van der Waals surface area contributed by atoms with E-state index in [1.54, 1.807) is 12.3 Å². The number of primary amides is 1.